The number of hydrogen-bond acceptors (Lipinski definition) is 7. The lowest BCUT2D eigenvalue weighted by Gasteiger charge is -2.35. The topological polar surface area (TPSA) is 104 Å². The zero-order valence-corrected chi connectivity index (χ0v) is 24.7. The summed E-state index contributed by atoms with van der Waals surface area (Å²) in [4.78, 5) is 19.8. The van der Waals surface area contributed by atoms with Gasteiger partial charge in [0.25, 0.3) is 0 Å². The van der Waals surface area contributed by atoms with E-state index in [9.17, 15) is 27.4 Å². The Kier molecular flexibility index (Phi) is 7.57. The molecule has 0 radical (unpaired) electrons. The molecule has 8 nitrogen and oxygen atoms in total. The first-order chi connectivity index (χ1) is 20.5. The van der Waals surface area contributed by atoms with Gasteiger partial charge in [0.1, 0.15) is 5.78 Å². The largest absolute Gasteiger partial charge is 0.370 e. The zero-order chi connectivity index (χ0) is 30.4. The van der Waals surface area contributed by atoms with Gasteiger partial charge in [-0.1, -0.05) is 12.1 Å². The summed E-state index contributed by atoms with van der Waals surface area (Å²) in [5, 5.41) is 14.2. The number of aromatic nitrogens is 3. The number of anilines is 1. The standard InChI is InChI=1S/C31H33F3N6O2S/c1-36-43(42)15-13-39(14-16-43)22-6-4-21(5-7-22)25-19-40(29-26(32)3-2-12-37-29)38-28(25)24-17-31(33,34)9-8-23(24)27(41)18-30(20-35)10-11-30/h2-7,12,19,23-24H,8-11,13-18H2,1H3/t23-,24-/m1/s1. The molecule has 0 amide bonds. The monoisotopic (exact) mass is 610 g/mol. The average molecular weight is 611 g/mol. The molecule has 1 aliphatic heterocycles. The number of ketones is 1. The highest BCUT2D eigenvalue weighted by Crippen LogP contribution is 2.52. The number of nitrogens with zero attached hydrogens (tertiary/aromatic N) is 6. The van der Waals surface area contributed by atoms with Gasteiger partial charge in [-0.15, -0.1) is 0 Å². The Balaban J connectivity index is 1.38. The van der Waals surface area contributed by atoms with Crippen LogP contribution in [0.25, 0.3) is 16.9 Å². The van der Waals surface area contributed by atoms with Gasteiger partial charge in [-0.2, -0.15) is 10.4 Å². The normalized spacial score (nSPS) is 23.7. The second-order valence-corrected chi connectivity index (χ2v) is 14.7. The van der Waals surface area contributed by atoms with Gasteiger partial charge in [0.05, 0.1) is 17.2 Å². The van der Waals surface area contributed by atoms with Crippen LogP contribution in [0.2, 0.25) is 0 Å². The van der Waals surface area contributed by atoms with Crippen LogP contribution in [0.1, 0.15) is 50.1 Å². The fourth-order valence-corrected chi connectivity index (χ4v) is 7.88. The number of hydrogen-bond donors (Lipinski definition) is 0. The molecule has 2 aliphatic carbocycles. The smallest absolute Gasteiger partial charge is 0.248 e. The van der Waals surface area contributed by atoms with E-state index < -0.39 is 51.6 Å². The Morgan fingerprint density at radius 1 is 1.16 bits per heavy atom. The van der Waals surface area contributed by atoms with Crippen LogP contribution in [-0.4, -0.2) is 62.3 Å². The van der Waals surface area contributed by atoms with Crippen molar-refractivity contribution < 1.29 is 22.2 Å². The van der Waals surface area contributed by atoms with E-state index in [2.05, 4.69) is 25.4 Å². The van der Waals surface area contributed by atoms with E-state index in [-0.39, 0.29) is 24.4 Å². The number of rotatable bonds is 7. The maximum atomic E-state index is 15.0. The van der Waals surface area contributed by atoms with E-state index in [1.807, 2.05) is 24.3 Å². The summed E-state index contributed by atoms with van der Waals surface area (Å²) in [5.41, 5.74) is 1.73. The predicted molar refractivity (Wildman–Crippen MR) is 157 cm³/mol. The van der Waals surface area contributed by atoms with Gasteiger partial charge >= 0.3 is 0 Å². The lowest BCUT2D eigenvalue weighted by molar-refractivity contribution is -0.129. The van der Waals surface area contributed by atoms with E-state index in [0.29, 0.717) is 54.3 Å². The number of carbonyl (C=O) groups excluding carboxylic acids is 1. The highest BCUT2D eigenvalue weighted by molar-refractivity contribution is 7.93. The van der Waals surface area contributed by atoms with Crippen molar-refractivity contribution in [1.82, 2.24) is 14.8 Å². The van der Waals surface area contributed by atoms with Crippen LogP contribution >= 0.6 is 0 Å². The van der Waals surface area contributed by atoms with Gasteiger partial charge in [0, 0.05) is 96.1 Å². The third-order valence-corrected chi connectivity index (χ3v) is 11.4. The molecule has 2 aromatic heterocycles. The molecule has 0 bridgehead atoms. The van der Waals surface area contributed by atoms with E-state index >= 15 is 0 Å². The number of nitriles is 1. The second kappa shape index (κ2) is 11.1. The van der Waals surface area contributed by atoms with Gasteiger partial charge in [-0.05, 0) is 49.1 Å². The summed E-state index contributed by atoms with van der Waals surface area (Å²) in [6.07, 6.45) is 3.34. The van der Waals surface area contributed by atoms with Crippen LogP contribution in [0.3, 0.4) is 0 Å². The van der Waals surface area contributed by atoms with Gasteiger partial charge < -0.3 is 4.90 Å². The lowest BCUT2D eigenvalue weighted by atomic mass is 9.71. The van der Waals surface area contributed by atoms with Gasteiger partial charge in [-0.25, -0.2) is 31.4 Å². The van der Waals surface area contributed by atoms with Crippen molar-refractivity contribution in [1.29, 1.82) is 5.26 Å². The fourth-order valence-electron chi connectivity index (χ4n) is 6.30. The van der Waals surface area contributed by atoms with Crippen LogP contribution in [-0.2, 0) is 14.5 Å². The van der Waals surface area contributed by atoms with E-state index in [1.54, 1.807) is 13.2 Å². The molecule has 3 fully saturated rings. The number of Topliss-reactive ketones (excluding diaryl/α,β-unsaturated/α-hetero) is 1. The molecule has 0 unspecified atom stereocenters. The van der Waals surface area contributed by atoms with Crippen molar-refractivity contribution >= 4 is 21.2 Å². The average Bonchev–Trinajstić information content (AvgIpc) is 3.64. The number of halogens is 3. The molecule has 12 heteroatoms. The van der Waals surface area contributed by atoms with Gasteiger partial charge in [0.15, 0.2) is 11.6 Å². The van der Waals surface area contributed by atoms with Crippen LogP contribution in [0, 0.1) is 28.5 Å². The minimum Gasteiger partial charge on any atom is -0.370 e. The van der Waals surface area contributed by atoms with Crippen molar-refractivity contribution in [2.24, 2.45) is 15.7 Å². The summed E-state index contributed by atoms with van der Waals surface area (Å²) in [5.74, 6) is -4.56. The van der Waals surface area contributed by atoms with E-state index in [1.165, 1.54) is 23.0 Å². The molecule has 3 aliphatic rings. The molecule has 0 spiro atoms. The van der Waals surface area contributed by atoms with Gasteiger partial charge in [-0.3, -0.25) is 4.79 Å². The Hall–Kier alpha value is -3.72. The number of carbonyl (C=O) groups is 1. The van der Waals surface area contributed by atoms with Crippen LogP contribution in [0.4, 0.5) is 18.9 Å². The van der Waals surface area contributed by atoms with Gasteiger partial charge in [0.2, 0.25) is 5.92 Å². The third-order valence-electron chi connectivity index (χ3n) is 9.13. The molecule has 1 saturated heterocycles. The second-order valence-electron chi connectivity index (χ2n) is 11.9. The number of benzene rings is 1. The SMILES string of the molecule is CN=S1(=O)CCN(c2ccc(-c3cn(-c4ncccc4F)nc3[C@@H]3CC(F)(F)CC[C@H]3C(=O)CC3(C#N)CC3)cc2)CC1. The predicted octanol–water partition coefficient (Wildman–Crippen LogP) is 5.77. The maximum Gasteiger partial charge on any atom is 0.248 e. The minimum absolute atomic E-state index is 0.0105. The highest BCUT2D eigenvalue weighted by atomic mass is 32.2. The first-order valence-corrected chi connectivity index (χ1v) is 16.4. The van der Waals surface area contributed by atoms with Crippen molar-refractivity contribution in [3.63, 3.8) is 0 Å². The molecule has 226 valence electrons. The minimum atomic E-state index is -2.99. The number of pyridine rings is 1. The Bertz CT molecular complexity index is 1690. The lowest BCUT2D eigenvalue weighted by Crippen LogP contribution is -2.40. The Labute approximate surface area is 249 Å². The van der Waals surface area contributed by atoms with Crippen molar-refractivity contribution in [3.8, 4) is 23.0 Å². The van der Waals surface area contributed by atoms with Crippen molar-refractivity contribution in [2.45, 2.75) is 50.4 Å². The molecular formula is C31H33F3N6O2S. The Morgan fingerprint density at radius 3 is 2.51 bits per heavy atom. The molecule has 1 aromatic carbocycles. The van der Waals surface area contributed by atoms with E-state index in [0.717, 1.165) is 5.69 Å². The molecular weight excluding hydrogens is 577 g/mol. The van der Waals surface area contributed by atoms with E-state index in [4.69, 9.17) is 0 Å². The summed E-state index contributed by atoms with van der Waals surface area (Å²) in [6, 6.07) is 12.5. The van der Waals surface area contributed by atoms with Crippen LogP contribution in [0.15, 0.2) is 53.2 Å². The van der Waals surface area contributed by atoms with Crippen molar-refractivity contribution in [3.05, 3.63) is 60.3 Å². The maximum absolute atomic E-state index is 15.0. The summed E-state index contributed by atoms with van der Waals surface area (Å²) < 4.78 is 62.7. The first-order valence-electron chi connectivity index (χ1n) is 14.5. The molecule has 2 saturated carbocycles. The summed E-state index contributed by atoms with van der Waals surface area (Å²) in [7, 11) is -0.575. The molecule has 0 N–H and O–H groups in total. The van der Waals surface area contributed by atoms with Crippen LogP contribution in [0.5, 0.6) is 0 Å². The molecule has 2 atom stereocenters. The number of alkyl halides is 2. The molecule has 3 heterocycles. The summed E-state index contributed by atoms with van der Waals surface area (Å²) >= 11 is 0. The van der Waals surface area contributed by atoms with Crippen molar-refractivity contribution in [2.75, 3.05) is 36.5 Å². The molecule has 43 heavy (non-hydrogen) atoms. The summed E-state index contributed by atoms with van der Waals surface area (Å²) in [6.45, 7) is 1.20. The quantitative estimate of drug-likeness (QED) is 0.336. The molecule has 3 aromatic rings. The highest BCUT2D eigenvalue weighted by Gasteiger charge is 2.50. The first kappa shape index (κ1) is 29.4. The Morgan fingerprint density at radius 2 is 1.88 bits per heavy atom. The van der Waals surface area contributed by atoms with Crippen LogP contribution < -0.4 is 4.90 Å². The zero-order valence-electron chi connectivity index (χ0n) is 23.9. The molecule has 6 rings (SSSR count). The fraction of sp³-hybridized carbons (Fsp3) is 0.484. The third kappa shape index (κ3) is 5.92.